The fourth-order valence-corrected chi connectivity index (χ4v) is 4.49. The Labute approximate surface area is 166 Å². The number of aromatic nitrogens is 2. The van der Waals surface area contributed by atoms with Crippen LogP contribution >= 0.6 is 0 Å². The molecule has 29 heavy (non-hydrogen) atoms. The van der Waals surface area contributed by atoms with E-state index in [-0.39, 0.29) is 16.9 Å². The summed E-state index contributed by atoms with van der Waals surface area (Å²) < 4.78 is 8.43. The van der Waals surface area contributed by atoms with Crippen LogP contribution in [0.5, 0.6) is 5.75 Å². The van der Waals surface area contributed by atoms with E-state index in [9.17, 15) is 14.4 Å². The van der Waals surface area contributed by atoms with Crippen LogP contribution in [0.3, 0.4) is 0 Å². The minimum absolute atomic E-state index is 0.00388. The van der Waals surface area contributed by atoms with Crippen LogP contribution in [0.1, 0.15) is 37.8 Å². The Morgan fingerprint density at radius 1 is 0.931 bits per heavy atom. The molecule has 0 fully saturated rings. The lowest BCUT2D eigenvalue weighted by Crippen LogP contribution is -2.37. The van der Waals surface area contributed by atoms with Gasteiger partial charge in [-0.05, 0) is 49.6 Å². The molecule has 2 heterocycles. The molecule has 0 N–H and O–H groups in total. The maximum Gasteiger partial charge on any atom is 0.277 e. The van der Waals surface area contributed by atoms with Gasteiger partial charge in [0.25, 0.3) is 11.1 Å². The van der Waals surface area contributed by atoms with Crippen LogP contribution in [0.4, 0.5) is 0 Å². The number of hydrogen-bond acceptors (Lipinski definition) is 4. The van der Waals surface area contributed by atoms with Gasteiger partial charge in [0, 0.05) is 12.0 Å². The van der Waals surface area contributed by atoms with Crippen molar-refractivity contribution in [3.8, 4) is 5.75 Å². The zero-order chi connectivity index (χ0) is 20.1. The van der Waals surface area contributed by atoms with E-state index in [1.54, 1.807) is 24.3 Å². The number of ether oxygens (including phenoxy) is 1. The van der Waals surface area contributed by atoms with Crippen LogP contribution in [-0.2, 0) is 4.79 Å². The summed E-state index contributed by atoms with van der Waals surface area (Å²) >= 11 is 0. The number of ketones is 1. The molecule has 6 nitrogen and oxygen atoms in total. The number of hydrogen-bond donors (Lipinski definition) is 0. The molecule has 146 valence electrons. The summed E-state index contributed by atoms with van der Waals surface area (Å²) in [4.78, 5) is 39.6. The first-order valence-electron chi connectivity index (χ1n) is 9.87. The zero-order valence-corrected chi connectivity index (χ0v) is 16.1. The molecule has 1 aromatic heterocycles. The highest BCUT2D eigenvalue weighted by Gasteiger charge is 2.39. The Bertz CT molecular complexity index is 1300. The molecule has 0 radical (unpaired) electrons. The van der Waals surface area contributed by atoms with Crippen molar-refractivity contribution >= 4 is 22.3 Å². The molecule has 0 amide bonds. The first-order valence-corrected chi connectivity index (χ1v) is 9.87. The van der Waals surface area contributed by atoms with Gasteiger partial charge in [-0.15, -0.1) is 0 Å². The molecular weight excluding hydrogens is 368 g/mol. The van der Waals surface area contributed by atoms with Gasteiger partial charge in [-0.2, -0.15) is 0 Å². The summed E-state index contributed by atoms with van der Waals surface area (Å²) in [5, 5.41) is 0.753. The van der Waals surface area contributed by atoms with Gasteiger partial charge in [-0.25, -0.2) is 9.36 Å². The van der Waals surface area contributed by atoms with Gasteiger partial charge in [0.1, 0.15) is 11.8 Å². The normalized spacial score (nSPS) is 18.1. The number of Topliss-reactive ketones (excluding diaryl/α,β-unsaturated/α-hetero) is 1. The lowest BCUT2D eigenvalue weighted by Gasteiger charge is -2.19. The van der Waals surface area contributed by atoms with E-state index >= 15 is 0 Å². The molecule has 2 aliphatic rings. The molecule has 1 atom stereocenters. The third kappa shape index (κ3) is 2.52. The van der Waals surface area contributed by atoms with Gasteiger partial charge in [-0.1, -0.05) is 24.3 Å². The Balaban J connectivity index is 1.82. The predicted octanol–water partition coefficient (Wildman–Crippen LogP) is 3.13. The number of nitrogens with zero attached hydrogens (tertiary/aromatic N) is 2. The van der Waals surface area contributed by atoms with E-state index in [2.05, 4.69) is 0 Å². The van der Waals surface area contributed by atoms with Crippen LogP contribution < -0.4 is 15.9 Å². The van der Waals surface area contributed by atoms with Crippen LogP contribution in [0.15, 0.2) is 63.7 Å². The zero-order valence-electron chi connectivity index (χ0n) is 16.1. The predicted molar refractivity (Wildman–Crippen MR) is 110 cm³/mol. The third-order valence-corrected chi connectivity index (χ3v) is 5.71. The second-order valence-corrected chi connectivity index (χ2v) is 7.35. The first-order chi connectivity index (χ1) is 14.1. The minimum atomic E-state index is -0.599. The standard InChI is InChI=1S/C23H20N2O4/c1-2-29-15-12-10-14(11-13-15)21-20-18(8-5-9-19(20)26)24-22(27)16-6-3-4-7-17(16)23(28)25(21)24/h3-4,6-7,10-13,21H,2,5,8-9H2,1H3. The van der Waals surface area contributed by atoms with Crippen molar-refractivity contribution in [2.45, 2.75) is 32.2 Å². The van der Waals surface area contributed by atoms with E-state index in [1.165, 1.54) is 9.36 Å². The average molecular weight is 388 g/mol. The molecule has 3 aromatic rings. The molecule has 2 aromatic carbocycles. The average Bonchev–Trinajstić information content (AvgIpc) is 3.10. The van der Waals surface area contributed by atoms with Gasteiger partial charge in [0.2, 0.25) is 0 Å². The highest BCUT2D eigenvalue weighted by molar-refractivity contribution is 6.04. The third-order valence-electron chi connectivity index (χ3n) is 5.71. The second kappa shape index (κ2) is 6.58. The fraction of sp³-hybridized carbons (Fsp3) is 0.261. The molecule has 0 spiro atoms. The van der Waals surface area contributed by atoms with E-state index in [4.69, 9.17) is 4.74 Å². The smallest absolute Gasteiger partial charge is 0.277 e. The van der Waals surface area contributed by atoms with Crippen molar-refractivity contribution in [3.05, 3.63) is 80.4 Å². The summed E-state index contributed by atoms with van der Waals surface area (Å²) in [6.45, 7) is 2.47. The maximum absolute atomic E-state index is 13.4. The SMILES string of the molecule is CCOc1ccc(C2C3=C(CCCC3=O)n3c(=O)c4ccccc4c(=O)n32)cc1. The van der Waals surface area contributed by atoms with E-state index in [0.717, 1.165) is 11.3 Å². The molecule has 6 heteroatoms. The quantitative estimate of drug-likeness (QED) is 0.691. The van der Waals surface area contributed by atoms with Gasteiger partial charge in [0.05, 0.1) is 23.1 Å². The molecule has 0 bridgehead atoms. The molecule has 5 rings (SSSR count). The Morgan fingerprint density at radius 2 is 1.62 bits per heavy atom. The van der Waals surface area contributed by atoms with Crippen molar-refractivity contribution in [2.24, 2.45) is 0 Å². The Kier molecular flexibility index (Phi) is 4.01. The number of carbonyl (C=O) groups is 1. The van der Waals surface area contributed by atoms with Gasteiger partial charge < -0.3 is 4.74 Å². The van der Waals surface area contributed by atoms with Crippen LogP contribution in [-0.4, -0.2) is 21.8 Å². The monoisotopic (exact) mass is 388 g/mol. The molecule has 0 saturated carbocycles. The lowest BCUT2D eigenvalue weighted by molar-refractivity contribution is -0.116. The maximum atomic E-state index is 13.4. The number of fused-ring (bicyclic) bond motifs is 3. The van der Waals surface area contributed by atoms with E-state index in [0.29, 0.717) is 47.9 Å². The molecule has 1 aliphatic heterocycles. The minimum Gasteiger partial charge on any atom is -0.494 e. The van der Waals surface area contributed by atoms with Crippen LogP contribution in [0.2, 0.25) is 0 Å². The lowest BCUT2D eigenvalue weighted by atomic mass is 9.88. The van der Waals surface area contributed by atoms with Gasteiger partial charge in [-0.3, -0.25) is 14.4 Å². The molecule has 1 unspecified atom stereocenters. The summed E-state index contributed by atoms with van der Waals surface area (Å²) in [7, 11) is 0. The largest absolute Gasteiger partial charge is 0.494 e. The summed E-state index contributed by atoms with van der Waals surface area (Å²) in [6.07, 6.45) is 1.72. The molecular formula is C23H20N2O4. The molecule has 1 aliphatic carbocycles. The topological polar surface area (TPSA) is 70.3 Å². The van der Waals surface area contributed by atoms with Crippen LogP contribution in [0, 0.1) is 0 Å². The van der Waals surface area contributed by atoms with Crippen molar-refractivity contribution < 1.29 is 9.53 Å². The van der Waals surface area contributed by atoms with E-state index < -0.39 is 6.04 Å². The van der Waals surface area contributed by atoms with Gasteiger partial charge in [0.15, 0.2) is 5.78 Å². The number of rotatable bonds is 3. The van der Waals surface area contributed by atoms with Crippen molar-refractivity contribution in [2.75, 3.05) is 6.61 Å². The summed E-state index contributed by atoms with van der Waals surface area (Å²) in [5.41, 5.74) is 1.50. The van der Waals surface area contributed by atoms with Crippen molar-refractivity contribution in [1.82, 2.24) is 9.36 Å². The number of benzene rings is 2. The van der Waals surface area contributed by atoms with Gasteiger partial charge >= 0.3 is 0 Å². The van der Waals surface area contributed by atoms with Crippen LogP contribution in [0.25, 0.3) is 16.5 Å². The summed E-state index contributed by atoms with van der Waals surface area (Å²) in [5.74, 6) is 0.728. The highest BCUT2D eigenvalue weighted by Crippen LogP contribution is 2.41. The van der Waals surface area contributed by atoms with Crippen molar-refractivity contribution in [3.63, 3.8) is 0 Å². The second-order valence-electron chi connectivity index (χ2n) is 7.35. The number of carbonyl (C=O) groups excluding carboxylic acids is 1. The first kappa shape index (κ1) is 17.7. The number of allylic oxidation sites excluding steroid dienone is 2. The Morgan fingerprint density at radius 3 is 2.31 bits per heavy atom. The Hall–Kier alpha value is -3.41. The van der Waals surface area contributed by atoms with Crippen molar-refractivity contribution in [1.29, 1.82) is 0 Å². The van der Waals surface area contributed by atoms with E-state index in [1.807, 2.05) is 31.2 Å². The summed E-state index contributed by atoms with van der Waals surface area (Å²) in [6, 6.07) is 13.6. The fourth-order valence-electron chi connectivity index (χ4n) is 4.49. The highest BCUT2D eigenvalue weighted by atomic mass is 16.5. The molecule has 0 saturated heterocycles.